The van der Waals surface area contributed by atoms with Crippen LogP contribution >= 0.6 is 11.6 Å². The highest BCUT2D eigenvalue weighted by Gasteiger charge is 2.23. The molecule has 0 spiro atoms. The van der Waals surface area contributed by atoms with Gasteiger partial charge < -0.3 is 9.80 Å². The molecule has 31 heavy (non-hydrogen) atoms. The topological polar surface area (TPSA) is 67.2 Å². The van der Waals surface area contributed by atoms with Crippen molar-refractivity contribution in [2.75, 3.05) is 36.0 Å². The molecule has 2 aromatic carbocycles. The van der Waals surface area contributed by atoms with Gasteiger partial charge in [-0.1, -0.05) is 29.8 Å². The molecule has 1 fully saturated rings. The second kappa shape index (κ2) is 7.96. The highest BCUT2D eigenvalue weighted by Crippen LogP contribution is 2.27. The Labute approximate surface area is 182 Å². The molecule has 1 saturated heterocycles. The van der Waals surface area contributed by atoms with Gasteiger partial charge in [-0.25, -0.2) is 14.4 Å². The van der Waals surface area contributed by atoms with Crippen molar-refractivity contribution in [3.8, 4) is 5.69 Å². The number of anilines is 2. The predicted octanol–water partition coefficient (Wildman–Crippen LogP) is 3.29. The number of nitrogens with zero attached hydrogens (tertiary/aromatic N) is 6. The van der Waals surface area contributed by atoms with Crippen LogP contribution in [0.15, 0.2) is 65.8 Å². The lowest BCUT2D eigenvalue weighted by Crippen LogP contribution is -2.47. The number of hydrogen-bond donors (Lipinski definition) is 0. The average molecular weight is 437 g/mol. The summed E-state index contributed by atoms with van der Waals surface area (Å²) < 4.78 is 15.1. The predicted molar refractivity (Wildman–Crippen MR) is 119 cm³/mol. The van der Waals surface area contributed by atoms with Crippen molar-refractivity contribution in [3.05, 3.63) is 82.2 Å². The van der Waals surface area contributed by atoms with Crippen molar-refractivity contribution in [3.63, 3.8) is 0 Å². The summed E-state index contributed by atoms with van der Waals surface area (Å²) in [4.78, 5) is 25.5. The van der Waals surface area contributed by atoms with E-state index in [1.165, 1.54) is 23.1 Å². The van der Waals surface area contributed by atoms with E-state index in [1.807, 2.05) is 23.1 Å². The van der Waals surface area contributed by atoms with Crippen molar-refractivity contribution in [2.24, 2.45) is 0 Å². The fourth-order valence-corrected chi connectivity index (χ4v) is 4.07. The Balaban J connectivity index is 1.39. The largest absolute Gasteiger partial charge is 0.365 e. The van der Waals surface area contributed by atoms with Crippen LogP contribution in [0.4, 0.5) is 15.9 Å². The first kappa shape index (κ1) is 19.4. The number of hydrogen-bond acceptors (Lipinski definition) is 6. The summed E-state index contributed by atoms with van der Waals surface area (Å²) in [5.41, 5.74) is 1.61. The maximum atomic E-state index is 13.8. The second-order valence-electron chi connectivity index (χ2n) is 7.23. The van der Waals surface area contributed by atoms with Gasteiger partial charge >= 0.3 is 0 Å². The molecular weight excluding hydrogens is 419 g/mol. The SMILES string of the molecule is O=c1c(Cl)c(N2CCN(c3ncnc4ccc(F)cc34)CC2)cnn1-c1ccccc1. The Kier molecular flexibility index (Phi) is 4.99. The van der Waals surface area contributed by atoms with E-state index in [9.17, 15) is 9.18 Å². The van der Waals surface area contributed by atoms with Gasteiger partial charge in [-0.2, -0.15) is 9.78 Å². The first-order valence-electron chi connectivity index (χ1n) is 9.85. The van der Waals surface area contributed by atoms with E-state index in [0.29, 0.717) is 54.3 Å². The third kappa shape index (κ3) is 3.59. The van der Waals surface area contributed by atoms with Gasteiger partial charge in [0.15, 0.2) is 0 Å². The molecule has 4 aromatic rings. The summed E-state index contributed by atoms with van der Waals surface area (Å²) in [5.74, 6) is 0.381. The maximum absolute atomic E-state index is 13.8. The molecule has 0 unspecified atom stereocenters. The summed E-state index contributed by atoms with van der Waals surface area (Å²) in [7, 11) is 0. The molecule has 7 nitrogen and oxygen atoms in total. The molecule has 1 aliphatic rings. The van der Waals surface area contributed by atoms with Crippen molar-refractivity contribution in [1.29, 1.82) is 0 Å². The lowest BCUT2D eigenvalue weighted by Gasteiger charge is -2.37. The van der Waals surface area contributed by atoms with Crippen LogP contribution in [-0.4, -0.2) is 45.9 Å². The summed E-state index contributed by atoms with van der Waals surface area (Å²) in [6, 6.07) is 13.7. The van der Waals surface area contributed by atoms with E-state index in [2.05, 4.69) is 20.0 Å². The van der Waals surface area contributed by atoms with Crippen molar-refractivity contribution < 1.29 is 4.39 Å². The number of para-hydroxylation sites is 1. The van der Waals surface area contributed by atoms with Gasteiger partial charge in [0.2, 0.25) is 0 Å². The Bertz CT molecular complexity index is 1300. The van der Waals surface area contributed by atoms with Crippen molar-refractivity contribution >= 4 is 34.0 Å². The minimum absolute atomic E-state index is 0.141. The molecule has 5 rings (SSSR count). The van der Waals surface area contributed by atoms with Gasteiger partial charge in [-0.3, -0.25) is 4.79 Å². The van der Waals surface area contributed by atoms with Crippen LogP contribution in [0, 0.1) is 5.82 Å². The molecule has 2 aromatic heterocycles. The van der Waals surface area contributed by atoms with E-state index in [4.69, 9.17) is 11.6 Å². The summed E-state index contributed by atoms with van der Waals surface area (Å²) in [5, 5.41) is 5.14. The Morgan fingerprint density at radius 2 is 1.68 bits per heavy atom. The minimum atomic E-state index is -0.356. The van der Waals surface area contributed by atoms with Gasteiger partial charge in [-0.05, 0) is 30.3 Å². The quantitative estimate of drug-likeness (QED) is 0.491. The van der Waals surface area contributed by atoms with Gasteiger partial charge in [0.1, 0.15) is 23.0 Å². The molecule has 0 N–H and O–H groups in total. The zero-order valence-corrected chi connectivity index (χ0v) is 17.2. The number of fused-ring (bicyclic) bond motifs is 1. The van der Waals surface area contributed by atoms with E-state index in [-0.39, 0.29) is 16.4 Å². The van der Waals surface area contributed by atoms with Crippen LogP contribution in [0.2, 0.25) is 5.02 Å². The van der Waals surface area contributed by atoms with Gasteiger partial charge in [0.05, 0.1) is 23.1 Å². The van der Waals surface area contributed by atoms with E-state index < -0.39 is 0 Å². The molecule has 1 aliphatic heterocycles. The normalized spacial score (nSPS) is 14.3. The van der Waals surface area contributed by atoms with E-state index >= 15 is 0 Å². The van der Waals surface area contributed by atoms with Crippen LogP contribution in [0.1, 0.15) is 0 Å². The first-order chi connectivity index (χ1) is 15.1. The molecule has 156 valence electrons. The standard InChI is InChI=1S/C22H18ClFN6O/c23-20-19(13-27-30(22(20)31)16-4-2-1-3-5-16)28-8-10-29(11-9-28)21-17-12-15(24)6-7-18(17)25-14-26-21/h1-7,12-14H,8-11H2. The maximum Gasteiger partial charge on any atom is 0.292 e. The Morgan fingerprint density at radius 3 is 2.45 bits per heavy atom. The molecule has 0 saturated carbocycles. The van der Waals surface area contributed by atoms with Crippen LogP contribution in [-0.2, 0) is 0 Å². The lowest BCUT2D eigenvalue weighted by molar-refractivity contribution is 0.628. The first-order valence-corrected chi connectivity index (χ1v) is 10.2. The van der Waals surface area contributed by atoms with Gasteiger partial charge in [0, 0.05) is 31.6 Å². The van der Waals surface area contributed by atoms with Crippen LogP contribution in [0.3, 0.4) is 0 Å². The smallest absolute Gasteiger partial charge is 0.292 e. The second-order valence-corrected chi connectivity index (χ2v) is 7.61. The van der Waals surface area contributed by atoms with E-state index in [1.54, 1.807) is 24.4 Å². The fraction of sp³-hybridized carbons (Fsp3) is 0.182. The number of piperazine rings is 1. The van der Waals surface area contributed by atoms with Gasteiger partial charge in [0.25, 0.3) is 5.56 Å². The molecular formula is C22H18ClFN6O. The van der Waals surface area contributed by atoms with Crippen LogP contribution in [0.5, 0.6) is 0 Å². The lowest BCUT2D eigenvalue weighted by atomic mass is 10.2. The molecule has 9 heteroatoms. The number of halogens is 2. The third-order valence-corrected chi connectivity index (χ3v) is 5.75. The van der Waals surface area contributed by atoms with Gasteiger partial charge in [-0.15, -0.1) is 0 Å². The number of aromatic nitrogens is 4. The number of benzene rings is 2. The monoisotopic (exact) mass is 436 g/mol. The van der Waals surface area contributed by atoms with Crippen molar-refractivity contribution in [2.45, 2.75) is 0 Å². The molecule has 0 amide bonds. The molecule has 0 radical (unpaired) electrons. The molecule has 0 atom stereocenters. The molecule has 3 heterocycles. The number of rotatable bonds is 3. The van der Waals surface area contributed by atoms with Crippen molar-refractivity contribution in [1.82, 2.24) is 19.7 Å². The van der Waals surface area contributed by atoms with Crippen LogP contribution < -0.4 is 15.4 Å². The van der Waals surface area contributed by atoms with E-state index in [0.717, 1.165) is 0 Å². The highest BCUT2D eigenvalue weighted by atomic mass is 35.5. The third-order valence-electron chi connectivity index (χ3n) is 5.40. The van der Waals surface area contributed by atoms with Crippen LogP contribution in [0.25, 0.3) is 16.6 Å². The highest BCUT2D eigenvalue weighted by molar-refractivity contribution is 6.33. The summed E-state index contributed by atoms with van der Waals surface area (Å²) >= 11 is 6.44. The summed E-state index contributed by atoms with van der Waals surface area (Å²) in [6.07, 6.45) is 3.12. The Morgan fingerprint density at radius 1 is 0.935 bits per heavy atom. The minimum Gasteiger partial charge on any atom is -0.365 e. The fourth-order valence-electron chi connectivity index (χ4n) is 3.82. The Hall–Kier alpha value is -3.52. The zero-order chi connectivity index (χ0) is 21.4. The summed E-state index contributed by atoms with van der Waals surface area (Å²) in [6.45, 7) is 2.52. The zero-order valence-electron chi connectivity index (χ0n) is 16.4. The molecule has 0 bridgehead atoms. The average Bonchev–Trinajstić information content (AvgIpc) is 2.81. The molecule has 0 aliphatic carbocycles.